The van der Waals surface area contributed by atoms with Crippen molar-refractivity contribution in [2.45, 2.75) is 6.54 Å². The van der Waals surface area contributed by atoms with Gasteiger partial charge in [0.1, 0.15) is 0 Å². The van der Waals surface area contributed by atoms with E-state index >= 15 is 0 Å². The van der Waals surface area contributed by atoms with E-state index < -0.39 is 0 Å². The molecule has 4 heteroatoms. The monoisotopic (exact) mass is 364 g/mol. The van der Waals surface area contributed by atoms with Gasteiger partial charge in [0.25, 0.3) is 0 Å². The van der Waals surface area contributed by atoms with E-state index in [0.29, 0.717) is 6.54 Å². The number of pyridine rings is 1. The quantitative estimate of drug-likeness (QED) is 0.824. The van der Waals surface area contributed by atoms with E-state index in [2.05, 4.69) is 48.1 Å². The molecule has 18 heavy (non-hydrogen) atoms. The van der Waals surface area contributed by atoms with Gasteiger partial charge < -0.3 is 5.32 Å². The molecule has 0 amide bonds. The van der Waals surface area contributed by atoms with Gasteiger partial charge in [-0.2, -0.15) is 0 Å². The normalized spacial score (nSPS) is 9.83. The summed E-state index contributed by atoms with van der Waals surface area (Å²) >= 11 is 6.86. The summed E-state index contributed by atoms with van der Waals surface area (Å²) in [4.78, 5) is 4.34. The Labute approximate surface area is 123 Å². The Morgan fingerprint density at radius 2 is 2.11 bits per heavy atom. The van der Waals surface area contributed by atoms with Crippen LogP contribution in [0.1, 0.15) is 11.3 Å². The van der Waals surface area contributed by atoms with Gasteiger partial charge in [-0.15, -0.1) is 6.42 Å². The van der Waals surface area contributed by atoms with E-state index in [0.717, 1.165) is 25.9 Å². The first-order valence-corrected chi connectivity index (χ1v) is 6.88. The van der Waals surface area contributed by atoms with Gasteiger partial charge >= 0.3 is 0 Å². The van der Waals surface area contributed by atoms with Gasteiger partial charge in [-0.3, -0.25) is 4.98 Å². The van der Waals surface area contributed by atoms with Crippen LogP contribution in [0.15, 0.2) is 45.5 Å². The Hall–Kier alpha value is -1.31. The van der Waals surface area contributed by atoms with E-state index in [1.807, 2.05) is 30.3 Å². The molecule has 0 fully saturated rings. The minimum Gasteiger partial charge on any atom is -0.379 e. The number of anilines is 1. The van der Waals surface area contributed by atoms with Crippen molar-refractivity contribution < 1.29 is 0 Å². The molecule has 0 saturated heterocycles. The van der Waals surface area contributed by atoms with Crippen molar-refractivity contribution in [3.05, 3.63) is 56.7 Å². The molecule has 0 unspecified atom stereocenters. The Kier molecular flexibility index (Phi) is 4.40. The van der Waals surface area contributed by atoms with Gasteiger partial charge in [0.05, 0.1) is 12.2 Å². The second kappa shape index (κ2) is 6.03. The van der Waals surface area contributed by atoms with Gasteiger partial charge in [0.2, 0.25) is 0 Å². The Bertz CT molecular complexity index is 603. The molecule has 1 N–H and O–H groups in total. The minimum absolute atomic E-state index is 0.641. The molecule has 1 aromatic heterocycles. The fraction of sp³-hybridized carbons (Fsp3) is 0.0714. The van der Waals surface area contributed by atoms with E-state index in [9.17, 15) is 0 Å². The molecule has 0 radical (unpaired) electrons. The molecule has 90 valence electrons. The fourth-order valence-corrected chi connectivity index (χ4v) is 2.61. The van der Waals surface area contributed by atoms with Crippen LogP contribution in [0.3, 0.4) is 0 Å². The largest absolute Gasteiger partial charge is 0.379 e. The molecule has 2 rings (SSSR count). The molecule has 0 atom stereocenters. The van der Waals surface area contributed by atoms with Crippen LogP contribution >= 0.6 is 31.9 Å². The first-order chi connectivity index (χ1) is 8.69. The number of benzene rings is 1. The van der Waals surface area contributed by atoms with E-state index in [1.165, 1.54) is 0 Å². The SMILES string of the molecule is C#Cc1cccc(NCc2ncc(Br)cc2Br)c1. The molecular weight excluding hydrogens is 356 g/mol. The van der Waals surface area contributed by atoms with Gasteiger partial charge in [-0.25, -0.2) is 0 Å². The Morgan fingerprint density at radius 1 is 1.28 bits per heavy atom. The van der Waals surface area contributed by atoms with Crippen LogP contribution in [0.4, 0.5) is 5.69 Å². The second-order valence-electron chi connectivity index (χ2n) is 3.66. The average molecular weight is 366 g/mol. The van der Waals surface area contributed by atoms with Crippen LogP contribution in [-0.4, -0.2) is 4.98 Å². The summed E-state index contributed by atoms with van der Waals surface area (Å²) in [5.41, 5.74) is 2.80. The van der Waals surface area contributed by atoms with E-state index in [-0.39, 0.29) is 0 Å². The maximum atomic E-state index is 5.36. The lowest BCUT2D eigenvalue weighted by Gasteiger charge is -2.08. The molecule has 0 aliphatic heterocycles. The molecule has 0 spiro atoms. The van der Waals surface area contributed by atoms with Crippen LogP contribution < -0.4 is 5.32 Å². The fourth-order valence-electron chi connectivity index (χ4n) is 1.48. The lowest BCUT2D eigenvalue weighted by atomic mass is 10.2. The van der Waals surface area contributed by atoms with Crippen molar-refractivity contribution in [2.75, 3.05) is 5.32 Å². The van der Waals surface area contributed by atoms with Crippen molar-refractivity contribution in [3.8, 4) is 12.3 Å². The van der Waals surface area contributed by atoms with Gasteiger partial charge in [-0.05, 0) is 56.1 Å². The molecule has 1 aromatic carbocycles. The van der Waals surface area contributed by atoms with Crippen LogP contribution in [0, 0.1) is 12.3 Å². The third-order valence-electron chi connectivity index (χ3n) is 2.37. The van der Waals surface area contributed by atoms with Gasteiger partial charge in [0.15, 0.2) is 0 Å². The maximum absolute atomic E-state index is 5.36. The molecule has 0 saturated carbocycles. The average Bonchev–Trinajstić information content (AvgIpc) is 2.38. The van der Waals surface area contributed by atoms with Crippen LogP contribution in [0.5, 0.6) is 0 Å². The second-order valence-corrected chi connectivity index (χ2v) is 5.43. The summed E-state index contributed by atoms with van der Waals surface area (Å²) in [6.07, 6.45) is 7.14. The number of hydrogen-bond donors (Lipinski definition) is 1. The van der Waals surface area contributed by atoms with Gasteiger partial charge in [0, 0.05) is 26.4 Å². The number of nitrogens with zero attached hydrogens (tertiary/aromatic N) is 1. The molecule has 0 aliphatic carbocycles. The van der Waals surface area contributed by atoms with Gasteiger partial charge in [-0.1, -0.05) is 12.0 Å². The minimum atomic E-state index is 0.641. The number of rotatable bonds is 3. The third kappa shape index (κ3) is 3.34. The maximum Gasteiger partial charge on any atom is 0.0737 e. The first-order valence-electron chi connectivity index (χ1n) is 5.29. The Morgan fingerprint density at radius 3 is 2.83 bits per heavy atom. The predicted molar refractivity (Wildman–Crippen MR) is 81.3 cm³/mol. The summed E-state index contributed by atoms with van der Waals surface area (Å²) in [5, 5.41) is 3.29. The lowest BCUT2D eigenvalue weighted by Crippen LogP contribution is -2.02. The molecule has 2 aromatic rings. The summed E-state index contributed by atoms with van der Waals surface area (Å²) < 4.78 is 1.92. The molecule has 2 nitrogen and oxygen atoms in total. The highest BCUT2D eigenvalue weighted by atomic mass is 79.9. The van der Waals surface area contributed by atoms with Crippen molar-refractivity contribution in [3.63, 3.8) is 0 Å². The standard InChI is InChI=1S/C14H10Br2N2/c1-2-10-4-3-5-12(6-10)17-9-14-13(16)7-11(15)8-18-14/h1,3-8,17H,9H2. The highest BCUT2D eigenvalue weighted by molar-refractivity contribution is 9.11. The summed E-state index contributed by atoms with van der Waals surface area (Å²) in [6, 6.07) is 9.72. The lowest BCUT2D eigenvalue weighted by molar-refractivity contribution is 1.03. The highest BCUT2D eigenvalue weighted by Gasteiger charge is 2.02. The smallest absolute Gasteiger partial charge is 0.0737 e. The number of terminal acetylenes is 1. The highest BCUT2D eigenvalue weighted by Crippen LogP contribution is 2.20. The topological polar surface area (TPSA) is 24.9 Å². The van der Waals surface area contributed by atoms with Crippen LogP contribution in [0.2, 0.25) is 0 Å². The number of aromatic nitrogens is 1. The van der Waals surface area contributed by atoms with E-state index in [4.69, 9.17) is 6.42 Å². The van der Waals surface area contributed by atoms with Crippen molar-refractivity contribution in [2.24, 2.45) is 0 Å². The molecular formula is C14H10Br2N2. The summed E-state index contributed by atoms with van der Waals surface area (Å²) in [5.74, 6) is 2.61. The molecule has 0 aliphatic rings. The zero-order chi connectivity index (χ0) is 13.0. The predicted octanol–water partition coefficient (Wildman–Crippen LogP) is 4.20. The van der Waals surface area contributed by atoms with Crippen molar-refractivity contribution >= 4 is 37.5 Å². The molecule has 0 bridgehead atoms. The zero-order valence-corrected chi connectivity index (χ0v) is 12.6. The first kappa shape index (κ1) is 13.1. The number of nitrogens with one attached hydrogen (secondary N) is 1. The molecule has 1 heterocycles. The van der Waals surface area contributed by atoms with Crippen molar-refractivity contribution in [1.29, 1.82) is 0 Å². The van der Waals surface area contributed by atoms with Crippen LogP contribution in [0.25, 0.3) is 0 Å². The number of hydrogen-bond acceptors (Lipinski definition) is 2. The number of halogens is 2. The third-order valence-corrected chi connectivity index (χ3v) is 3.49. The Balaban J connectivity index is 2.09. The van der Waals surface area contributed by atoms with Crippen molar-refractivity contribution in [1.82, 2.24) is 4.98 Å². The summed E-state index contributed by atoms with van der Waals surface area (Å²) in [6.45, 7) is 0.641. The van der Waals surface area contributed by atoms with E-state index in [1.54, 1.807) is 6.20 Å². The summed E-state index contributed by atoms with van der Waals surface area (Å²) in [7, 11) is 0. The van der Waals surface area contributed by atoms with Crippen LogP contribution in [-0.2, 0) is 6.54 Å². The zero-order valence-electron chi connectivity index (χ0n) is 9.45.